The predicted molar refractivity (Wildman–Crippen MR) is 114 cm³/mol. The molecule has 9 heteroatoms. The van der Waals surface area contributed by atoms with Gasteiger partial charge in [-0.2, -0.15) is 5.26 Å². The van der Waals surface area contributed by atoms with Crippen LogP contribution in [0.25, 0.3) is 0 Å². The number of sulfonamides is 1. The molecule has 2 aromatic carbocycles. The van der Waals surface area contributed by atoms with Gasteiger partial charge < -0.3 is 9.64 Å². The van der Waals surface area contributed by atoms with Crippen molar-refractivity contribution >= 4 is 33.2 Å². The summed E-state index contributed by atoms with van der Waals surface area (Å²) in [7, 11) is -4.01. The number of halogens is 1. The maximum Gasteiger partial charge on any atom is 0.263 e. The first-order chi connectivity index (χ1) is 14.3. The van der Waals surface area contributed by atoms with Crippen molar-refractivity contribution in [2.75, 3.05) is 24.4 Å². The number of hydrogen-bond donors (Lipinski definition) is 1. The number of amides is 1. The van der Waals surface area contributed by atoms with Crippen molar-refractivity contribution in [3.05, 3.63) is 53.1 Å². The number of ether oxygens (including phenoxy) is 1. The van der Waals surface area contributed by atoms with Crippen LogP contribution in [0.2, 0.25) is 5.02 Å². The Kier molecular flexibility index (Phi) is 6.85. The van der Waals surface area contributed by atoms with Crippen molar-refractivity contribution < 1.29 is 17.9 Å². The van der Waals surface area contributed by atoms with Crippen LogP contribution in [-0.4, -0.2) is 38.9 Å². The summed E-state index contributed by atoms with van der Waals surface area (Å²) in [6.07, 6.45) is 1.22. The second-order valence-electron chi connectivity index (χ2n) is 6.90. The molecular weight excluding hydrogens is 426 g/mol. The average molecular weight is 448 g/mol. The second kappa shape index (κ2) is 9.37. The van der Waals surface area contributed by atoms with Gasteiger partial charge in [0.15, 0.2) is 0 Å². The van der Waals surface area contributed by atoms with E-state index in [0.717, 1.165) is 0 Å². The van der Waals surface area contributed by atoms with Crippen molar-refractivity contribution in [1.82, 2.24) is 4.90 Å². The molecule has 1 N–H and O–H groups in total. The number of carbonyl (C=O) groups excluding carboxylic acids is 1. The Bertz CT molecular complexity index is 1060. The lowest BCUT2D eigenvalue weighted by atomic mass is 9.98. The van der Waals surface area contributed by atoms with Gasteiger partial charge in [-0.05, 0) is 62.2 Å². The van der Waals surface area contributed by atoms with Crippen molar-refractivity contribution in [2.45, 2.75) is 24.7 Å². The van der Waals surface area contributed by atoms with Gasteiger partial charge in [0.05, 0.1) is 17.7 Å². The molecule has 0 unspecified atom stereocenters. The highest BCUT2D eigenvalue weighted by Crippen LogP contribution is 2.27. The number of piperidine rings is 1. The zero-order valence-corrected chi connectivity index (χ0v) is 18.0. The number of likely N-dealkylation sites (tertiary alicyclic amines) is 1. The van der Waals surface area contributed by atoms with Crippen molar-refractivity contribution in [1.29, 1.82) is 5.26 Å². The van der Waals surface area contributed by atoms with Gasteiger partial charge in [-0.25, -0.2) is 8.42 Å². The summed E-state index contributed by atoms with van der Waals surface area (Å²) in [5.41, 5.74) is 0.590. The molecule has 0 spiro atoms. The second-order valence-corrected chi connectivity index (χ2v) is 8.96. The summed E-state index contributed by atoms with van der Waals surface area (Å²) in [6.45, 7) is 3.30. The van der Waals surface area contributed by atoms with Crippen LogP contribution >= 0.6 is 11.6 Å². The summed E-state index contributed by atoms with van der Waals surface area (Å²) >= 11 is 6.14. The van der Waals surface area contributed by atoms with Crippen LogP contribution in [0.15, 0.2) is 47.4 Å². The molecule has 0 saturated carbocycles. The van der Waals surface area contributed by atoms with Crippen molar-refractivity contribution in [2.24, 2.45) is 5.92 Å². The molecule has 1 amide bonds. The molecule has 158 valence electrons. The van der Waals surface area contributed by atoms with Crippen LogP contribution in [-0.2, 0) is 10.0 Å². The molecule has 0 aliphatic carbocycles. The maximum atomic E-state index is 12.9. The number of carbonyl (C=O) groups is 1. The first-order valence-corrected chi connectivity index (χ1v) is 11.4. The number of rotatable bonds is 6. The maximum absolute atomic E-state index is 12.9. The first-order valence-electron chi connectivity index (χ1n) is 9.58. The predicted octanol–water partition coefficient (Wildman–Crippen LogP) is 3.92. The third kappa shape index (κ3) is 5.04. The van der Waals surface area contributed by atoms with E-state index in [1.165, 1.54) is 18.2 Å². The minimum atomic E-state index is -4.01. The summed E-state index contributed by atoms with van der Waals surface area (Å²) < 4.78 is 33.6. The standard InChI is InChI=1S/C21H22ClN3O4S/c1-2-29-18-6-4-17(5-7-18)24-30(27,28)20-13-16(3-8-19(20)22)21(26)25-11-9-15(14-23)10-12-25/h3-8,13,15,24H,2,9-12H2,1H3. The molecule has 1 saturated heterocycles. The SMILES string of the molecule is CCOc1ccc(NS(=O)(=O)c2cc(C(=O)N3CCC(C#N)CC3)ccc2Cl)cc1. The van der Waals surface area contributed by atoms with Gasteiger partial charge in [0, 0.05) is 30.3 Å². The van der Waals surface area contributed by atoms with Crippen molar-refractivity contribution in [3.63, 3.8) is 0 Å². The van der Waals surface area contributed by atoms with Crippen LogP contribution in [0.3, 0.4) is 0 Å². The third-order valence-electron chi connectivity index (χ3n) is 4.85. The fourth-order valence-corrected chi connectivity index (χ4v) is 4.82. The van der Waals surface area contributed by atoms with Crippen LogP contribution in [0.5, 0.6) is 5.75 Å². The van der Waals surface area contributed by atoms with Gasteiger partial charge in [0.1, 0.15) is 10.6 Å². The van der Waals surface area contributed by atoms with E-state index in [-0.39, 0.29) is 27.3 Å². The Balaban J connectivity index is 1.80. The van der Waals surface area contributed by atoms with Gasteiger partial charge in [0.2, 0.25) is 0 Å². The highest BCUT2D eigenvalue weighted by Gasteiger charge is 2.26. The van der Waals surface area contributed by atoms with Crippen LogP contribution in [0, 0.1) is 17.2 Å². The number of anilines is 1. The minimum Gasteiger partial charge on any atom is -0.494 e. The average Bonchev–Trinajstić information content (AvgIpc) is 2.75. The highest BCUT2D eigenvalue weighted by molar-refractivity contribution is 7.92. The zero-order valence-electron chi connectivity index (χ0n) is 16.5. The Morgan fingerprint density at radius 2 is 1.90 bits per heavy atom. The van der Waals surface area contributed by atoms with Gasteiger partial charge in [0.25, 0.3) is 15.9 Å². The molecule has 1 aliphatic rings. The van der Waals surface area contributed by atoms with Crippen molar-refractivity contribution in [3.8, 4) is 11.8 Å². The molecule has 0 bridgehead atoms. The van der Waals surface area contributed by atoms with Crippen LogP contribution in [0.4, 0.5) is 5.69 Å². The Morgan fingerprint density at radius 1 is 1.23 bits per heavy atom. The molecule has 0 atom stereocenters. The molecule has 7 nitrogen and oxygen atoms in total. The van der Waals surface area contributed by atoms with E-state index in [1.807, 2.05) is 6.92 Å². The van der Waals surface area contributed by atoms with E-state index < -0.39 is 10.0 Å². The fourth-order valence-electron chi connectivity index (χ4n) is 3.23. The van der Waals surface area contributed by atoms with E-state index in [1.54, 1.807) is 29.2 Å². The van der Waals surface area contributed by atoms with Gasteiger partial charge in [-0.15, -0.1) is 0 Å². The molecule has 1 fully saturated rings. The van der Waals surface area contributed by atoms with E-state index >= 15 is 0 Å². The van der Waals surface area contributed by atoms with Gasteiger partial charge in [-0.1, -0.05) is 11.6 Å². The lowest BCUT2D eigenvalue weighted by molar-refractivity contribution is 0.0707. The lowest BCUT2D eigenvalue weighted by Gasteiger charge is -2.29. The minimum absolute atomic E-state index is 0.0215. The van der Waals surface area contributed by atoms with E-state index in [9.17, 15) is 13.2 Å². The molecular formula is C21H22ClN3O4S. The summed E-state index contributed by atoms with van der Waals surface area (Å²) in [6, 6.07) is 12.9. The molecule has 1 aliphatic heterocycles. The lowest BCUT2D eigenvalue weighted by Crippen LogP contribution is -2.38. The largest absolute Gasteiger partial charge is 0.494 e. The van der Waals surface area contributed by atoms with Gasteiger partial charge in [-0.3, -0.25) is 9.52 Å². The normalized spacial score (nSPS) is 14.8. The number of nitrogens with one attached hydrogen (secondary N) is 1. The molecule has 1 heterocycles. The summed E-state index contributed by atoms with van der Waals surface area (Å²) in [4.78, 5) is 14.3. The highest BCUT2D eigenvalue weighted by atomic mass is 35.5. The number of nitriles is 1. The summed E-state index contributed by atoms with van der Waals surface area (Å²) in [5.74, 6) is 0.306. The monoisotopic (exact) mass is 447 g/mol. The Labute approximate surface area is 181 Å². The Hall–Kier alpha value is -2.76. The third-order valence-corrected chi connectivity index (χ3v) is 6.71. The molecule has 2 aromatic rings. The van der Waals surface area contributed by atoms with Crippen LogP contribution in [0.1, 0.15) is 30.1 Å². The van der Waals surface area contributed by atoms with E-state index in [2.05, 4.69) is 10.8 Å². The number of benzene rings is 2. The zero-order chi connectivity index (χ0) is 21.7. The molecule has 0 radical (unpaired) electrons. The molecule has 0 aromatic heterocycles. The fraction of sp³-hybridized carbons (Fsp3) is 0.333. The smallest absolute Gasteiger partial charge is 0.263 e. The topological polar surface area (TPSA) is 99.5 Å². The Morgan fingerprint density at radius 3 is 2.50 bits per heavy atom. The summed E-state index contributed by atoms with van der Waals surface area (Å²) in [5, 5.41) is 9.03. The number of hydrogen-bond acceptors (Lipinski definition) is 5. The number of nitrogens with zero attached hydrogens (tertiary/aromatic N) is 2. The van der Waals surface area contributed by atoms with Gasteiger partial charge >= 0.3 is 0 Å². The van der Waals surface area contributed by atoms with E-state index in [4.69, 9.17) is 21.6 Å². The van der Waals surface area contributed by atoms with E-state index in [0.29, 0.717) is 44.0 Å². The molecule has 3 rings (SSSR count). The molecule has 30 heavy (non-hydrogen) atoms. The van der Waals surface area contributed by atoms with Crippen LogP contribution < -0.4 is 9.46 Å². The first kappa shape index (κ1) is 21.9. The quantitative estimate of drug-likeness (QED) is 0.723.